The summed E-state index contributed by atoms with van der Waals surface area (Å²) in [5, 5.41) is 0. The van der Waals surface area contributed by atoms with Crippen molar-refractivity contribution >= 4 is 9.84 Å². The van der Waals surface area contributed by atoms with Gasteiger partial charge in [-0.05, 0) is 41.8 Å². The van der Waals surface area contributed by atoms with Crippen molar-refractivity contribution in [2.24, 2.45) is 0 Å². The van der Waals surface area contributed by atoms with Gasteiger partial charge in [-0.25, -0.2) is 8.42 Å². The van der Waals surface area contributed by atoms with Crippen LogP contribution in [0.25, 0.3) is 0 Å². The fourth-order valence-corrected chi connectivity index (χ4v) is 3.99. The van der Waals surface area contributed by atoms with Gasteiger partial charge in [-0.15, -0.1) is 0 Å². The Morgan fingerprint density at radius 2 is 1.44 bits per heavy atom. The third-order valence-electron chi connectivity index (χ3n) is 4.32. The second-order valence-electron chi connectivity index (χ2n) is 6.09. The van der Waals surface area contributed by atoms with E-state index in [9.17, 15) is 8.42 Å². The number of aryl methyl sites for hydroxylation is 1. The van der Waals surface area contributed by atoms with Crippen molar-refractivity contribution in [3.8, 4) is 11.5 Å². The largest absolute Gasteiger partial charge is 0.493 e. The van der Waals surface area contributed by atoms with Gasteiger partial charge in [-0.2, -0.15) is 0 Å². The molecule has 0 fully saturated rings. The molecule has 0 unspecified atom stereocenters. The molecule has 0 amide bonds. The zero-order valence-electron chi connectivity index (χ0n) is 15.4. The van der Waals surface area contributed by atoms with E-state index < -0.39 is 9.84 Å². The molecule has 4 nitrogen and oxygen atoms in total. The predicted octanol–water partition coefficient (Wildman–Crippen LogP) is 4.67. The second kappa shape index (κ2) is 8.27. The molecule has 0 aromatic heterocycles. The number of methoxy groups -OCH3 is 1. The van der Waals surface area contributed by atoms with Crippen molar-refractivity contribution in [1.29, 1.82) is 0 Å². The maximum atomic E-state index is 12.9. The standard InChI is InChI=1S/C22H22O4S/c1-3-17-9-11-19(12-10-17)27(23,24)20-13-14-21(22(15-20)25-2)26-16-18-7-5-4-6-8-18/h4-15H,3,16H2,1-2H3. The summed E-state index contributed by atoms with van der Waals surface area (Å²) in [5.41, 5.74) is 2.11. The maximum Gasteiger partial charge on any atom is 0.206 e. The summed E-state index contributed by atoms with van der Waals surface area (Å²) in [6, 6.07) is 21.4. The van der Waals surface area contributed by atoms with Crippen molar-refractivity contribution in [3.63, 3.8) is 0 Å². The quantitative estimate of drug-likeness (QED) is 0.596. The predicted molar refractivity (Wildman–Crippen MR) is 105 cm³/mol. The Morgan fingerprint density at radius 1 is 0.778 bits per heavy atom. The Bertz CT molecular complexity index is 994. The van der Waals surface area contributed by atoms with Crippen LogP contribution >= 0.6 is 0 Å². The molecule has 0 aliphatic rings. The molecule has 0 spiro atoms. The number of rotatable bonds is 7. The van der Waals surface area contributed by atoms with Crippen LogP contribution < -0.4 is 9.47 Å². The normalized spacial score (nSPS) is 11.2. The molecular formula is C22H22O4S. The fourth-order valence-electron chi connectivity index (χ4n) is 2.71. The Labute approximate surface area is 160 Å². The van der Waals surface area contributed by atoms with Gasteiger partial charge in [0, 0.05) is 6.07 Å². The van der Waals surface area contributed by atoms with Crippen LogP contribution in [0, 0.1) is 0 Å². The van der Waals surface area contributed by atoms with Gasteiger partial charge in [0.05, 0.1) is 16.9 Å². The summed E-state index contributed by atoms with van der Waals surface area (Å²) in [4.78, 5) is 0.440. The average Bonchev–Trinajstić information content (AvgIpc) is 2.72. The Kier molecular flexibility index (Phi) is 5.81. The first-order chi connectivity index (χ1) is 13.0. The van der Waals surface area contributed by atoms with Gasteiger partial charge in [0.15, 0.2) is 11.5 Å². The number of ether oxygens (including phenoxy) is 2. The van der Waals surface area contributed by atoms with Crippen LogP contribution in [0.3, 0.4) is 0 Å². The zero-order chi connectivity index (χ0) is 19.3. The highest BCUT2D eigenvalue weighted by Crippen LogP contribution is 2.32. The lowest BCUT2D eigenvalue weighted by atomic mass is 10.2. The van der Waals surface area contributed by atoms with Crippen molar-refractivity contribution in [1.82, 2.24) is 0 Å². The molecule has 3 aromatic carbocycles. The molecule has 27 heavy (non-hydrogen) atoms. The summed E-state index contributed by atoms with van der Waals surface area (Å²) in [7, 11) is -2.12. The average molecular weight is 382 g/mol. The smallest absolute Gasteiger partial charge is 0.206 e. The molecule has 0 N–H and O–H groups in total. The van der Waals surface area contributed by atoms with E-state index >= 15 is 0 Å². The first-order valence-corrected chi connectivity index (χ1v) is 10.2. The van der Waals surface area contributed by atoms with Crippen LogP contribution in [0.2, 0.25) is 0 Å². The van der Waals surface area contributed by atoms with Gasteiger partial charge in [-0.1, -0.05) is 49.4 Å². The molecule has 3 aromatic rings. The van der Waals surface area contributed by atoms with Crippen LogP contribution in [-0.2, 0) is 22.9 Å². The van der Waals surface area contributed by atoms with Crippen LogP contribution in [0.5, 0.6) is 11.5 Å². The third kappa shape index (κ3) is 4.31. The monoisotopic (exact) mass is 382 g/mol. The minimum Gasteiger partial charge on any atom is -0.493 e. The summed E-state index contributed by atoms with van der Waals surface area (Å²) < 4.78 is 36.9. The van der Waals surface area contributed by atoms with Crippen LogP contribution in [-0.4, -0.2) is 15.5 Å². The van der Waals surface area contributed by atoms with E-state index in [2.05, 4.69) is 0 Å². The van der Waals surface area contributed by atoms with Crippen molar-refractivity contribution in [3.05, 3.63) is 83.9 Å². The number of hydrogen-bond donors (Lipinski definition) is 0. The van der Waals surface area contributed by atoms with E-state index in [1.807, 2.05) is 49.4 Å². The molecule has 0 aliphatic carbocycles. The van der Waals surface area contributed by atoms with E-state index in [-0.39, 0.29) is 9.79 Å². The molecule has 0 aliphatic heterocycles. The molecular weight excluding hydrogens is 360 g/mol. The minimum absolute atomic E-state index is 0.177. The Balaban J connectivity index is 1.86. The molecule has 140 valence electrons. The van der Waals surface area contributed by atoms with Crippen LogP contribution in [0.4, 0.5) is 0 Å². The number of benzene rings is 3. The van der Waals surface area contributed by atoms with Gasteiger partial charge in [-0.3, -0.25) is 0 Å². The van der Waals surface area contributed by atoms with Crippen LogP contribution in [0.1, 0.15) is 18.1 Å². The lowest BCUT2D eigenvalue weighted by molar-refractivity contribution is 0.284. The zero-order valence-corrected chi connectivity index (χ0v) is 16.2. The molecule has 5 heteroatoms. The maximum absolute atomic E-state index is 12.9. The van der Waals surface area contributed by atoms with Crippen molar-refractivity contribution in [2.75, 3.05) is 7.11 Å². The van der Waals surface area contributed by atoms with Crippen LogP contribution in [0.15, 0.2) is 82.6 Å². The number of hydrogen-bond acceptors (Lipinski definition) is 4. The van der Waals surface area contributed by atoms with Gasteiger partial charge >= 0.3 is 0 Å². The van der Waals surface area contributed by atoms with Gasteiger partial charge in [0.2, 0.25) is 9.84 Å². The topological polar surface area (TPSA) is 52.6 Å². The first-order valence-electron chi connectivity index (χ1n) is 8.73. The summed E-state index contributed by atoms with van der Waals surface area (Å²) >= 11 is 0. The molecule has 0 radical (unpaired) electrons. The first kappa shape index (κ1) is 19.0. The molecule has 0 saturated heterocycles. The fraction of sp³-hybridized carbons (Fsp3) is 0.182. The van der Waals surface area contributed by atoms with E-state index in [4.69, 9.17) is 9.47 Å². The minimum atomic E-state index is -3.62. The van der Waals surface area contributed by atoms with E-state index in [1.165, 1.54) is 13.2 Å². The van der Waals surface area contributed by atoms with Crippen molar-refractivity contribution < 1.29 is 17.9 Å². The molecule has 0 saturated carbocycles. The van der Waals surface area contributed by atoms with Crippen molar-refractivity contribution in [2.45, 2.75) is 29.7 Å². The van der Waals surface area contributed by atoms with E-state index in [1.54, 1.807) is 24.3 Å². The number of sulfone groups is 1. The Hall–Kier alpha value is -2.79. The highest BCUT2D eigenvalue weighted by molar-refractivity contribution is 7.91. The summed E-state index contributed by atoms with van der Waals surface area (Å²) in [5.74, 6) is 0.888. The lowest BCUT2D eigenvalue weighted by Crippen LogP contribution is -2.04. The molecule has 3 rings (SSSR count). The van der Waals surface area contributed by atoms with Gasteiger partial charge in [0.1, 0.15) is 6.61 Å². The van der Waals surface area contributed by atoms with E-state index in [0.717, 1.165) is 17.5 Å². The summed E-state index contributed by atoms with van der Waals surface area (Å²) in [6.45, 7) is 2.41. The second-order valence-corrected chi connectivity index (χ2v) is 8.04. The highest BCUT2D eigenvalue weighted by atomic mass is 32.2. The highest BCUT2D eigenvalue weighted by Gasteiger charge is 2.20. The van der Waals surface area contributed by atoms with E-state index in [0.29, 0.717) is 18.1 Å². The van der Waals surface area contributed by atoms with Gasteiger partial charge < -0.3 is 9.47 Å². The summed E-state index contributed by atoms with van der Waals surface area (Å²) in [6.07, 6.45) is 0.863. The SMILES string of the molecule is CCc1ccc(S(=O)(=O)c2ccc(OCc3ccccc3)c(OC)c2)cc1. The Morgan fingerprint density at radius 3 is 2.07 bits per heavy atom. The lowest BCUT2D eigenvalue weighted by Gasteiger charge is -2.13. The third-order valence-corrected chi connectivity index (χ3v) is 6.09. The molecule has 0 atom stereocenters. The molecule has 0 bridgehead atoms. The molecule has 0 heterocycles. The van der Waals surface area contributed by atoms with Gasteiger partial charge in [0.25, 0.3) is 0 Å².